The molecule has 1 aliphatic rings. The van der Waals surface area contributed by atoms with Gasteiger partial charge in [0, 0.05) is 17.7 Å². The number of halogens is 1. The van der Waals surface area contributed by atoms with E-state index < -0.39 is 0 Å². The fourth-order valence-electron chi connectivity index (χ4n) is 4.16. The molecule has 25 heavy (non-hydrogen) atoms. The van der Waals surface area contributed by atoms with Crippen molar-refractivity contribution in [3.05, 3.63) is 34.9 Å². The lowest BCUT2D eigenvalue weighted by Crippen LogP contribution is -2.43. The molecule has 0 aromatic heterocycles. The monoisotopic (exact) mass is 365 g/mol. The Morgan fingerprint density at radius 2 is 1.80 bits per heavy atom. The smallest absolute Gasteiger partial charge is 0.0631 e. The molecule has 1 aromatic carbocycles. The van der Waals surface area contributed by atoms with Gasteiger partial charge in [0.05, 0.1) is 5.60 Å². The molecule has 0 aliphatic carbocycles. The predicted octanol–water partition coefficient (Wildman–Crippen LogP) is 6.39. The molecular weight excluding hydrogens is 330 g/mol. The van der Waals surface area contributed by atoms with Crippen molar-refractivity contribution in [2.75, 3.05) is 13.2 Å². The molecule has 0 spiro atoms. The molecule has 0 bridgehead atoms. The zero-order valence-electron chi connectivity index (χ0n) is 16.7. The van der Waals surface area contributed by atoms with Crippen LogP contribution in [0.25, 0.3) is 0 Å². The Labute approximate surface area is 159 Å². The summed E-state index contributed by atoms with van der Waals surface area (Å²) in [5.74, 6) is 0.767. The van der Waals surface area contributed by atoms with Gasteiger partial charge in [-0.25, -0.2) is 0 Å². The normalized spacial score (nSPS) is 24.4. The van der Waals surface area contributed by atoms with Crippen molar-refractivity contribution >= 4 is 11.6 Å². The summed E-state index contributed by atoms with van der Waals surface area (Å²) in [6, 6.07) is 8.53. The van der Waals surface area contributed by atoms with E-state index in [0.29, 0.717) is 11.5 Å². The Hall–Kier alpha value is -0.570. The van der Waals surface area contributed by atoms with Gasteiger partial charge in [-0.05, 0) is 82.0 Å². The number of benzene rings is 1. The van der Waals surface area contributed by atoms with Gasteiger partial charge in [0.1, 0.15) is 0 Å². The first kappa shape index (κ1) is 20.7. The van der Waals surface area contributed by atoms with Gasteiger partial charge in [-0.15, -0.1) is 0 Å². The lowest BCUT2D eigenvalue weighted by molar-refractivity contribution is -0.110. The largest absolute Gasteiger partial charge is 0.376 e. The highest BCUT2D eigenvalue weighted by Gasteiger charge is 2.40. The summed E-state index contributed by atoms with van der Waals surface area (Å²) in [4.78, 5) is 0. The standard InChI is InChI=1S/C22H36ClNO/c1-17(2)10-11-22(13-15-25-21(4,5)16-22)12-14-24-18(3)19-6-8-20(23)9-7-19/h6-9,17-18,24H,10-16H2,1-5H3/t18-,22-/m1/s1. The van der Waals surface area contributed by atoms with Crippen LogP contribution in [-0.2, 0) is 4.74 Å². The lowest BCUT2D eigenvalue weighted by atomic mass is 9.68. The van der Waals surface area contributed by atoms with Crippen LogP contribution in [0.1, 0.15) is 78.3 Å². The lowest BCUT2D eigenvalue weighted by Gasteiger charge is -2.46. The van der Waals surface area contributed by atoms with Gasteiger partial charge in [-0.2, -0.15) is 0 Å². The summed E-state index contributed by atoms with van der Waals surface area (Å²) in [6.45, 7) is 13.4. The van der Waals surface area contributed by atoms with Gasteiger partial charge < -0.3 is 10.1 Å². The number of hydrogen-bond acceptors (Lipinski definition) is 2. The van der Waals surface area contributed by atoms with Gasteiger partial charge in [-0.1, -0.05) is 44.0 Å². The average Bonchev–Trinajstić information content (AvgIpc) is 2.53. The van der Waals surface area contributed by atoms with Crippen molar-refractivity contribution < 1.29 is 4.74 Å². The molecule has 1 aromatic rings. The molecule has 1 N–H and O–H groups in total. The molecular formula is C22H36ClNO. The second-order valence-corrected chi connectivity index (χ2v) is 9.38. The van der Waals surface area contributed by atoms with E-state index >= 15 is 0 Å². The first-order valence-corrected chi connectivity index (χ1v) is 10.2. The van der Waals surface area contributed by atoms with Crippen molar-refractivity contribution in [3.63, 3.8) is 0 Å². The molecule has 142 valence electrons. The zero-order chi connectivity index (χ0) is 18.5. The number of nitrogens with one attached hydrogen (secondary N) is 1. The molecule has 1 heterocycles. The van der Waals surface area contributed by atoms with E-state index in [2.05, 4.69) is 52.1 Å². The van der Waals surface area contributed by atoms with Crippen LogP contribution in [0.3, 0.4) is 0 Å². The molecule has 0 radical (unpaired) electrons. The molecule has 1 aliphatic heterocycles. The summed E-state index contributed by atoms with van der Waals surface area (Å²) in [6.07, 6.45) is 6.21. The third kappa shape index (κ3) is 6.58. The predicted molar refractivity (Wildman–Crippen MR) is 108 cm³/mol. The molecule has 2 nitrogen and oxygen atoms in total. The topological polar surface area (TPSA) is 21.3 Å². The summed E-state index contributed by atoms with van der Waals surface area (Å²) in [5, 5.41) is 4.52. The van der Waals surface area contributed by atoms with Gasteiger partial charge >= 0.3 is 0 Å². The van der Waals surface area contributed by atoms with E-state index in [0.717, 1.165) is 24.1 Å². The zero-order valence-corrected chi connectivity index (χ0v) is 17.5. The maximum absolute atomic E-state index is 6.00. The minimum Gasteiger partial charge on any atom is -0.376 e. The van der Waals surface area contributed by atoms with Crippen molar-refractivity contribution in [1.82, 2.24) is 5.32 Å². The summed E-state index contributed by atoms with van der Waals surface area (Å²) in [5.41, 5.74) is 1.73. The Balaban J connectivity index is 1.93. The van der Waals surface area contributed by atoms with Crippen molar-refractivity contribution in [1.29, 1.82) is 0 Å². The van der Waals surface area contributed by atoms with Gasteiger partial charge in [-0.3, -0.25) is 0 Å². The summed E-state index contributed by atoms with van der Waals surface area (Å²) < 4.78 is 6.00. The van der Waals surface area contributed by atoms with Crippen LogP contribution in [0.2, 0.25) is 5.02 Å². The van der Waals surface area contributed by atoms with E-state index in [1.54, 1.807) is 0 Å². The minimum absolute atomic E-state index is 0.0109. The van der Waals surface area contributed by atoms with Crippen LogP contribution in [0.15, 0.2) is 24.3 Å². The summed E-state index contributed by atoms with van der Waals surface area (Å²) >= 11 is 6.00. The first-order chi connectivity index (χ1) is 11.7. The minimum atomic E-state index is 0.0109. The fraction of sp³-hybridized carbons (Fsp3) is 0.727. The third-order valence-corrected chi connectivity index (χ3v) is 5.91. The third-order valence-electron chi connectivity index (χ3n) is 5.65. The van der Waals surface area contributed by atoms with Crippen LogP contribution in [0, 0.1) is 11.3 Å². The number of ether oxygens (including phenoxy) is 1. The van der Waals surface area contributed by atoms with Crippen molar-refractivity contribution in [2.45, 2.75) is 78.4 Å². The second kappa shape index (κ2) is 8.88. The van der Waals surface area contributed by atoms with Gasteiger partial charge in [0.2, 0.25) is 0 Å². The summed E-state index contributed by atoms with van der Waals surface area (Å²) in [7, 11) is 0. The van der Waals surface area contributed by atoms with Gasteiger partial charge in [0.25, 0.3) is 0 Å². The molecule has 1 fully saturated rings. The van der Waals surface area contributed by atoms with E-state index in [4.69, 9.17) is 16.3 Å². The molecule has 1 saturated heterocycles. The maximum Gasteiger partial charge on any atom is 0.0631 e. The molecule has 0 unspecified atom stereocenters. The Bertz CT molecular complexity index is 525. The van der Waals surface area contributed by atoms with E-state index in [-0.39, 0.29) is 5.60 Å². The van der Waals surface area contributed by atoms with Crippen molar-refractivity contribution in [2.24, 2.45) is 11.3 Å². The van der Waals surface area contributed by atoms with Crippen LogP contribution < -0.4 is 5.32 Å². The number of rotatable bonds is 8. The van der Waals surface area contributed by atoms with Crippen LogP contribution in [-0.4, -0.2) is 18.8 Å². The SMILES string of the molecule is CC(C)CC[C@@]1(CCN[C@H](C)c2ccc(Cl)cc2)CCOC(C)(C)C1. The molecule has 2 atom stereocenters. The maximum atomic E-state index is 6.00. The van der Waals surface area contributed by atoms with E-state index in [1.165, 1.54) is 37.7 Å². The highest BCUT2D eigenvalue weighted by atomic mass is 35.5. The highest BCUT2D eigenvalue weighted by molar-refractivity contribution is 6.30. The van der Waals surface area contributed by atoms with E-state index in [9.17, 15) is 0 Å². The van der Waals surface area contributed by atoms with Gasteiger partial charge in [0.15, 0.2) is 0 Å². The van der Waals surface area contributed by atoms with Crippen LogP contribution in [0.5, 0.6) is 0 Å². The second-order valence-electron chi connectivity index (χ2n) is 8.94. The first-order valence-electron chi connectivity index (χ1n) is 9.84. The Morgan fingerprint density at radius 1 is 1.12 bits per heavy atom. The molecule has 3 heteroatoms. The fourth-order valence-corrected chi connectivity index (χ4v) is 4.28. The Kier molecular flexibility index (Phi) is 7.37. The van der Waals surface area contributed by atoms with E-state index in [1.807, 2.05) is 12.1 Å². The van der Waals surface area contributed by atoms with Crippen LogP contribution in [0.4, 0.5) is 0 Å². The molecule has 0 amide bonds. The molecule has 0 saturated carbocycles. The van der Waals surface area contributed by atoms with Crippen molar-refractivity contribution in [3.8, 4) is 0 Å². The molecule has 2 rings (SSSR count). The highest BCUT2D eigenvalue weighted by Crippen LogP contribution is 2.45. The van der Waals surface area contributed by atoms with Crippen LogP contribution >= 0.6 is 11.6 Å². The Morgan fingerprint density at radius 3 is 2.40 bits per heavy atom. The quantitative estimate of drug-likeness (QED) is 0.576. The number of hydrogen-bond donors (Lipinski definition) is 1. The average molecular weight is 366 g/mol.